The summed E-state index contributed by atoms with van der Waals surface area (Å²) in [6, 6.07) is 0.639. The van der Waals surface area contributed by atoms with E-state index in [-0.39, 0.29) is 0 Å². The van der Waals surface area contributed by atoms with Gasteiger partial charge in [0.2, 0.25) is 0 Å². The molecule has 1 aromatic rings. The Hall–Kier alpha value is -0.910. The van der Waals surface area contributed by atoms with Crippen molar-refractivity contribution in [2.24, 2.45) is 0 Å². The van der Waals surface area contributed by atoms with Crippen LogP contribution in [-0.4, -0.2) is 53.8 Å². The molecule has 0 bridgehead atoms. The van der Waals surface area contributed by atoms with E-state index in [1.807, 2.05) is 12.5 Å². The Bertz CT molecular complexity index is 393. The third kappa shape index (κ3) is 5.09. The van der Waals surface area contributed by atoms with Crippen molar-refractivity contribution in [3.63, 3.8) is 0 Å². The molecule has 0 spiro atoms. The molecule has 1 saturated heterocycles. The molecular formula is C16H30N4O. The first-order valence-corrected chi connectivity index (χ1v) is 8.27. The number of aryl methyl sites for hydroxylation is 1. The number of likely N-dealkylation sites (tertiary alicyclic amines) is 1. The Morgan fingerprint density at radius 3 is 3.14 bits per heavy atom. The summed E-state index contributed by atoms with van der Waals surface area (Å²) in [5.74, 6) is 0. The number of hydrogen-bond acceptors (Lipinski definition) is 4. The summed E-state index contributed by atoms with van der Waals surface area (Å²) in [4.78, 5) is 6.94. The molecule has 0 aromatic carbocycles. The molecule has 0 amide bonds. The molecule has 2 rings (SSSR count). The Labute approximate surface area is 128 Å². The molecule has 1 aliphatic heterocycles. The van der Waals surface area contributed by atoms with Gasteiger partial charge in [-0.25, -0.2) is 4.98 Å². The van der Waals surface area contributed by atoms with Gasteiger partial charge in [-0.2, -0.15) is 0 Å². The van der Waals surface area contributed by atoms with E-state index in [2.05, 4.69) is 26.7 Å². The van der Waals surface area contributed by atoms with E-state index in [1.54, 1.807) is 7.11 Å². The molecule has 1 atom stereocenters. The molecule has 5 heteroatoms. The van der Waals surface area contributed by atoms with Gasteiger partial charge in [-0.05, 0) is 25.8 Å². The van der Waals surface area contributed by atoms with E-state index in [9.17, 15) is 0 Å². The number of nitrogens with zero attached hydrogens (tertiary/aromatic N) is 3. The normalized spacial score (nSPS) is 20.0. The van der Waals surface area contributed by atoms with E-state index in [4.69, 9.17) is 4.74 Å². The van der Waals surface area contributed by atoms with E-state index in [1.165, 1.54) is 31.5 Å². The summed E-state index contributed by atoms with van der Waals surface area (Å²) in [5, 5.41) is 3.52. The fraction of sp³-hybridized carbons (Fsp3) is 0.812. The van der Waals surface area contributed by atoms with Crippen LogP contribution < -0.4 is 5.32 Å². The molecule has 5 nitrogen and oxygen atoms in total. The van der Waals surface area contributed by atoms with Gasteiger partial charge in [0, 0.05) is 45.5 Å². The summed E-state index contributed by atoms with van der Waals surface area (Å²) in [7, 11) is 1.75. The first-order chi connectivity index (χ1) is 10.3. The largest absolute Gasteiger partial charge is 0.383 e. The molecular weight excluding hydrogens is 264 g/mol. The topological polar surface area (TPSA) is 42.3 Å². The second-order valence-corrected chi connectivity index (χ2v) is 5.90. The van der Waals surface area contributed by atoms with Crippen molar-refractivity contribution in [2.45, 2.75) is 51.7 Å². The van der Waals surface area contributed by atoms with Crippen molar-refractivity contribution in [1.82, 2.24) is 19.8 Å². The molecule has 0 saturated carbocycles. The third-order valence-electron chi connectivity index (χ3n) is 4.24. The van der Waals surface area contributed by atoms with Crippen molar-refractivity contribution in [3.8, 4) is 0 Å². The van der Waals surface area contributed by atoms with Gasteiger partial charge in [-0.1, -0.05) is 13.3 Å². The van der Waals surface area contributed by atoms with Crippen LogP contribution in [0, 0.1) is 0 Å². The highest BCUT2D eigenvalue weighted by molar-refractivity contribution is 4.99. The lowest BCUT2D eigenvalue weighted by atomic mass is 10.0. The van der Waals surface area contributed by atoms with Crippen LogP contribution >= 0.6 is 0 Å². The van der Waals surface area contributed by atoms with Gasteiger partial charge in [-0.15, -0.1) is 0 Å². The second kappa shape index (κ2) is 9.18. The van der Waals surface area contributed by atoms with Crippen LogP contribution in [0.1, 0.15) is 38.3 Å². The summed E-state index contributed by atoms with van der Waals surface area (Å²) in [6.07, 6.45) is 9.11. The fourth-order valence-electron chi connectivity index (χ4n) is 3.07. The van der Waals surface area contributed by atoms with Crippen LogP contribution in [0.4, 0.5) is 0 Å². The number of nitrogens with one attached hydrogen (secondary N) is 1. The SMILES string of the molecule is CCCn1cncc1CN1CCCCC1CNCCOC. The zero-order valence-electron chi connectivity index (χ0n) is 13.6. The standard InChI is InChI=1S/C16H30N4O/c1-3-8-20-14-18-12-16(20)13-19-9-5-4-6-15(19)11-17-7-10-21-2/h12,14-15,17H,3-11,13H2,1-2H3. The Morgan fingerprint density at radius 1 is 1.43 bits per heavy atom. The molecule has 1 aromatic heterocycles. The highest BCUT2D eigenvalue weighted by atomic mass is 16.5. The molecule has 21 heavy (non-hydrogen) atoms. The maximum atomic E-state index is 5.10. The Balaban J connectivity index is 1.87. The average molecular weight is 294 g/mol. The summed E-state index contributed by atoms with van der Waals surface area (Å²) in [6.45, 7) is 8.30. The molecule has 120 valence electrons. The minimum absolute atomic E-state index is 0.639. The van der Waals surface area contributed by atoms with Gasteiger partial charge in [0.25, 0.3) is 0 Å². The van der Waals surface area contributed by atoms with Gasteiger partial charge in [0.15, 0.2) is 0 Å². The van der Waals surface area contributed by atoms with Gasteiger partial charge < -0.3 is 14.6 Å². The van der Waals surface area contributed by atoms with E-state index in [0.29, 0.717) is 6.04 Å². The number of methoxy groups -OCH3 is 1. The second-order valence-electron chi connectivity index (χ2n) is 5.90. The summed E-state index contributed by atoms with van der Waals surface area (Å²) >= 11 is 0. The quantitative estimate of drug-likeness (QED) is 0.706. The highest BCUT2D eigenvalue weighted by Gasteiger charge is 2.22. The average Bonchev–Trinajstić information content (AvgIpc) is 2.93. The number of hydrogen-bond donors (Lipinski definition) is 1. The lowest BCUT2D eigenvalue weighted by Crippen LogP contribution is -2.45. The number of ether oxygens (including phenoxy) is 1. The Morgan fingerprint density at radius 2 is 2.33 bits per heavy atom. The monoisotopic (exact) mass is 294 g/mol. The van der Waals surface area contributed by atoms with Crippen LogP contribution in [0.2, 0.25) is 0 Å². The number of piperidine rings is 1. The zero-order chi connectivity index (χ0) is 14.9. The van der Waals surface area contributed by atoms with E-state index < -0.39 is 0 Å². The zero-order valence-corrected chi connectivity index (χ0v) is 13.6. The maximum absolute atomic E-state index is 5.10. The first-order valence-electron chi connectivity index (χ1n) is 8.27. The smallest absolute Gasteiger partial charge is 0.0948 e. The van der Waals surface area contributed by atoms with Crippen LogP contribution in [0.25, 0.3) is 0 Å². The van der Waals surface area contributed by atoms with Crippen molar-refractivity contribution < 1.29 is 4.74 Å². The molecule has 1 aliphatic rings. The lowest BCUT2D eigenvalue weighted by molar-refractivity contribution is 0.130. The predicted octanol–water partition coefficient (Wildman–Crippen LogP) is 1.88. The minimum Gasteiger partial charge on any atom is -0.383 e. The molecule has 1 N–H and O–H groups in total. The van der Waals surface area contributed by atoms with Gasteiger partial charge >= 0.3 is 0 Å². The summed E-state index contributed by atoms with van der Waals surface area (Å²) < 4.78 is 7.39. The summed E-state index contributed by atoms with van der Waals surface area (Å²) in [5.41, 5.74) is 1.35. The van der Waals surface area contributed by atoms with Crippen LogP contribution in [0.3, 0.4) is 0 Å². The van der Waals surface area contributed by atoms with Crippen molar-refractivity contribution in [2.75, 3.05) is 33.4 Å². The minimum atomic E-state index is 0.639. The van der Waals surface area contributed by atoms with Crippen LogP contribution in [0.5, 0.6) is 0 Å². The van der Waals surface area contributed by atoms with Crippen LogP contribution in [-0.2, 0) is 17.8 Å². The number of imidazole rings is 1. The molecule has 1 unspecified atom stereocenters. The lowest BCUT2D eigenvalue weighted by Gasteiger charge is -2.36. The van der Waals surface area contributed by atoms with Crippen molar-refractivity contribution >= 4 is 0 Å². The highest BCUT2D eigenvalue weighted by Crippen LogP contribution is 2.19. The van der Waals surface area contributed by atoms with E-state index in [0.717, 1.165) is 39.2 Å². The number of rotatable bonds is 9. The van der Waals surface area contributed by atoms with E-state index >= 15 is 0 Å². The van der Waals surface area contributed by atoms with Crippen molar-refractivity contribution in [3.05, 3.63) is 18.2 Å². The first kappa shape index (κ1) is 16.5. The van der Waals surface area contributed by atoms with Gasteiger partial charge in [0.05, 0.1) is 18.6 Å². The fourth-order valence-corrected chi connectivity index (χ4v) is 3.07. The molecule has 0 radical (unpaired) electrons. The number of aromatic nitrogens is 2. The van der Waals surface area contributed by atoms with Crippen molar-refractivity contribution in [1.29, 1.82) is 0 Å². The predicted molar refractivity (Wildman–Crippen MR) is 85.3 cm³/mol. The third-order valence-corrected chi connectivity index (χ3v) is 4.24. The molecule has 1 fully saturated rings. The van der Waals surface area contributed by atoms with Gasteiger partial charge in [-0.3, -0.25) is 4.90 Å². The Kier molecular flexibility index (Phi) is 7.19. The molecule has 2 heterocycles. The molecule has 0 aliphatic carbocycles. The van der Waals surface area contributed by atoms with Gasteiger partial charge in [0.1, 0.15) is 0 Å². The maximum Gasteiger partial charge on any atom is 0.0948 e. The van der Waals surface area contributed by atoms with Crippen LogP contribution in [0.15, 0.2) is 12.5 Å².